The first-order valence-corrected chi connectivity index (χ1v) is 20.7. The van der Waals surface area contributed by atoms with Crippen molar-refractivity contribution >= 4 is 87.0 Å². The molecule has 0 saturated carbocycles. The molecule has 0 N–H and O–H groups in total. The number of hydrogen-bond donors (Lipinski definition) is 0. The topological polar surface area (TPSA) is 51.8 Å². The molecule has 0 aliphatic carbocycles. The van der Waals surface area contributed by atoms with Gasteiger partial charge < -0.3 is 4.42 Å². The first kappa shape index (κ1) is 33.7. The summed E-state index contributed by atoms with van der Waals surface area (Å²) in [6, 6.07) is 70.9. The lowest BCUT2D eigenvalue weighted by molar-refractivity contribution is 0.673. The van der Waals surface area contributed by atoms with E-state index in [-0.39, 0.29) is 0 Å². The molecule has 282 valence electrons. The largest absolute Gasteiger partial charge is 0.455 e. The molecule has 0 fully saturated rings. The van der Waals surface area contributed by atoms with Crippen molar-refractivity contribution in [3.8, 4) is 44.9 Å². The van der Waals surface area contributed by atoms with Crippen LogP contribution < -0.4 is 0 Å². The highest BCUT2D eigenvalue weighted by atomic mass is 16.3. The summed E-state index contributed by atoms with van der Waals surface area (Å²) in [5.74, 6) is 0. The maximum atomic E-state index is 6.54. The molecular formula is C57H33N3O. The molecule has 0 aliphatic heterocycles. The smallest absolute Gasteiger partial charge is 0.144 e. The average molecular weight is 776 g/mol. The molecule has 4 heteroatoms. The number of benzene rings is 9. The number of hydrogen-bond acceptors (Lipinski definition) is 4. The monoisotopic (exact) mass is 775 g/mol. The second kappa shape index (κ2) is 13.2. The maximum Gasteiger partial charge on any atom is 0.144 e. The van der Waals surface area contributed by atoms with Gasteiger partial charge in [0, 0.05) is 54.4 Å². The van der Waals surface area contributed by atoms with Crippen molar-refractivity contribution in [3.05, 3.63) is 200 Å². The number of rotatable bonds is 4. The Kier molecular flexibility index (Phi) is 7.27. The predicted octanol–water partition coefficient (Wildman–Crippen LogP) is 15.4. The number of fused-ring (bicyclic) bond motifs is 13. The van der Waals surface area contributed by atoms with Crippen LogP contribution in [0.15, 0.2) is 205 Å². The van der Waals surface area contributed by atoms with Gasteiger partial charge in [-0.3, -0.25) is 0 Å². The zero-order chi connectivity index (χ0) is 40.0. The highest BCUT2D eigenvalue weighted by Gasteiger charge is 2.18. The van der Waals surface area contributed by atoms with Crippen LogP contribution in [0.3, 0.4) is 0 Å². The fraction of sp³-hybridized carbons (Fsp3) is 0. The van der Waals surface area contributed by atoms with E-state index in [4.69, 9.17) is 19.4 Å². The highest BCUT2D eigenvalue weighted by Crippen LogP contribution is 2.41. The third kappa shape index (κ3) is 5.36. The summed E-state index contributed by atoms with van der Waals surface area (Å²) in [5.41, 5.74) is 13.0. The fourth-order valence-electron chi connectivity index (χ4n) is 9.37. The van der Waals surface area contributed by atoms with Crippen molar-refractivity contribution in [2.45, 2.75) is 0 Å². The number of aromatic nitrogens is 3. The van der Waals surface area contributed by atoms with Crippen LogP contribution in [0.25, 0.3) is 132 Å². The van der Waals surface area contributed by atoms with Gasteiger partial charge in [0.2, 0.25) is 0 Å². The summed E-state index contributed by atoms with van der Waals surface area (Å²) < 4.78 is 6.54. The second-order valence-corrected chi connectivity index (χ2v) is 15.9. The van der Waals surface area contributed by atoms with Crippen molar-refractivity contribution in [2.24, 2.45) is 0 Å². The van der Waals surface area contributed by atoms with E-state index in [1.807, 2.05) is 30.3 Å². The van der Waals surface area contributed by atoms with Crippen LogP contribution >= 0.6 is 0 Å². The molecule has 0 atom stereocenters. The molecule has 61 heavy (non-hydrogen) atoms. The minimum Gasteiger partial charge on any atom is -0.455 e. The Labute approximate surface area is 350 Å². The van der Waals surface area contributed by atoms with Gasteiger partial charge in [-0.1, -0.05) is 158 Å². The van der Waals surface area contributed by atoms with E-state index in [1.54, 1.807) is 0 Å². The molecule has 13 aromatic rings. The maximum absolute atomic E-state index is 6.54. The molecule has 0 saturated heterocycles. The van der Waals surface area contributed by atoms with Crippen molar-refractivity contribution in [3.63, 3.8) is 0 Å². The summed E-state index contributed by atoms with van der Waals surface area (Å²) >= 11 is 0. The van der Waals surface area contributed by atoms with Crippen LogP contribution in [-0.4, -0.2) is 15.0 Å². The Morgan fingerprint density at radius 1 is 0.311 bits per heavy atom. The molecule has 0 radical (unpaired) electrons. The third-order valence-electron chi connectivity index (χ3n) is 12.4. The van der Waals surface area contributed by atoms with Crippen molar-refractivity contribution in [1.82, 2.24) is 15.0 Å². The molecule has 0 unspecified atom stereocenters. The Morgan fingerprint density at radius 2 is 0.852 bits per heavy atom. The van der Waals surface area contributed by atoms with Crippen molar-refractivity contribution in [2.75, 3.05) is 0 Å². The molecule has 0 amide bonds. The van der Waals surface area contributed by atoms with Crippen LogP contribution in [0.5, 0.6) is 0 Å². The molecule has 0 spiro atoms. The van der Waals surface area contributed by atoms with Crippen molar-refractivity contribution in [1.29, 1.82) is 0 Å². The van der Waals surface area contributed by atoms with Gasteiger partial charge in [-0.15, -0.1) is 0 Å². The summed E-state index contributed by atoms with van der Waals surface area (Å²) in [6.07, 6.45) is 0. The van der Waals surface area contributed by atoms with Gasteiger partial charge in [0.15, 0.2) is 0 Å². The van der Waals surface area contributed by atoms with Crippen LogP contribution in [0, 0.1) is 0 Å². The van der Waals surface area contributed by atoms with Crippen LogP contribution in [0.4, 0.5) is 0 Å². The molecule has 9 aromatic carbocycles. The molecular weight excluding hydrogens is 743 g/mol. The zero-order valence-electron chi connectivity index (χ0n) is 32.8. The van der Waals surface area contributed by atoms with E-state index in [0.29, 0.717) is 0 Å². The molecule has 4 heterocycles. The minimum atomic E-state index is 0.897. The van der Waals surface area contributed by atoms with E-state index in [1.165, 1.54) is 27.1 Å². The standard InChI is InChI=1S/C57H33N3O/c1-2-8-35(9-3-1)49-30-24-37-18-19-38-25-31-50(59-56(38)55(37)58-49)42-23-27-44-41(33-42)21-20-40-32-39(22-26-43(40)44)34-14-16-36(17-15-34)54-48-29-28-46-45-10-5-7-13-52(45)61-57(46)53(48)47-11-4-6-12-51(47)60-54/h1-33H. The minimum absolute atomic E-state index is 0.897. The Bertz CT molecular complexity index is 3930. The summed E-state index contributed by atoms with van der Waals surface area (Å²) in [7, 11) is 0. The van der Waals surface area contributed by atoms with Crippen LogP contribution in [-0.2, 0) is 0 Å². The van der Waals surface area contributed by atoms with Gasteiger partial charge in [0.1, 0.15) is 11.2 Å². The predicted molar refractivity (Wildman–Crippen MR) is 254 cm³/mol. The fourth-order valence-corrected chi connectivity index (χ4v) is 9.37. The van der Waals surface area contributed by atoms with E-state index < -0.39 is 0 Å². The van der Waals surface area contributed by atoms with Gasteiger partial charge >= 0.3 is 0 Å². The first-order chi connectivity index (χ1) is 30.2. The van der Waals surface area contributed by atoms with E-state index in [0.717, 1.165) is 105 Å². The van der Waals surface area contributed by atoms with Gasteiger partial charge in [-0.05, 0) is 75.1 Å². The van der Waals surface area contributed by atoms with Crippen molar-refractivity contribution < 1.29 is 4.42 Å². The van der Waals surface area contributed by atoms with Crippen LogP contribution in [0.1, 0.15) is 0 Å². The average Bonchev–Trinajstić information content (AvgIpc) is 3.72. The SMILES string of the molecule is c1ccc(-c2ccc3ccc4ccc(-c5ccc6c(ccc7cc(-c8ccc(-c9nc%10ccccc%10c%10c9ccc9c%11ccccc%11oc9%10)cc8)ccc76)c5)nc4c3n2)cc1. The van der Waals surface area contributed by atoms with Crippen LogP contribution in [0.2, 0.25) is 0 Å². The summed E-state index contributed by atoms with van der Waals surface area (Å²) in [6.45, 7) is 0. The molecule has 0 bridgehead atoms. The third-order valence-corrected chi connectivity index (χ3v) is 12.4. The second-order valence-electron chi connectivity index (χ2n) is 15.9. The number of nitrogens with zero attached hydrogens (tertiary/aromatic N) is 3. The molecule has 4 aromatic heterocycles. The summed E-state index contributed by atoms with van der Waals surface area (Å²) in [4.78, 5) is 15.6. The summed E-state index contributed by atoms with van der Waals surface area (Å²) in [5, 5.41) is 12.5. The molecule has 13 rings (SSSR count). The van der Waals surface area contributed by atoms with E-state index >= 15 is 0 Å². The first-order valence-electron chi connectivity index (χ1n) is 20.7. The number of furan rings is 1. The lowest BCUT2D eigenvalue weighted by Crippen LogP contribution is -1.91. The van der Waals surface area contributed by atoms with E-state index in [9.17, 15) is 0 Å². The van der Waals surface area contributed by atoms with Gasteiger partial charge in [-0.2, -0.15) is 0 Å². The quantitative estimate of drug-likeness (QED) is 0.167. The molecule has 4 nitrogen and oxygen atoms in total. The van der Waals surface area contributed by atoms with Gasteiger partial charge in [0.05, 0.1) is 33.6 Å². The lowest BCUT2D eigenvalue weighted by atomic mass is 9.94. The van der Waals surface area contributed by atoms with Gasteiger partial charge in [-0.25, -0.2) is 15.0 Å². The Morgan fingerprint density at radius 3 is 1.61 bits per heavy atom. The molecule has 0 aliphatic rings. The number of pyridine rings is 3. The normalized spacial score (nSPS) is 11.9. The Balaban J connectivity index is 0.849. The number of para-hydroxylation sites is 2. The van der Waals surface area contributed by atoms with Gasteiger partial charge in [0.25, 0.3) is 0 Å². The lowest BCUT2D eigenvalue weighted by Gasteiger charge is -2.12. The highest BCUT2D eigenvalue weighted by molar-refractivity contribution is 6.24. The zero-order valence-corrected chi connectivity index (χ0v) is 32.8. The Hall–Kier alpha value is -8.21. The van der Waals surface area contributed by atoms with E-state index in [2.05, 4.69) is 170 Å².